The van der Waals surface area contributed by atoms with Crippen LogP contribution in [0.25, 0.3) is 22.3 Å². The van der Waals surface area contributed by atoms with Crippen molar-refractivity contribution in [1.82, 2.24) is 25.2 Å². The van der Waals surface area contributed by atoms with Crippen LogP contribution in [-0.2, 0) is 0 Å². The molecular formula is C25H30F2N6O2. The standard InChI is InChI=1S/C25H30F2N6O2/c1-15-13-28-9-11-33(15)24-17-12-19(27)22(21-18(26)7-4-8-20(21)34-3)29-23(17)30-25(31-24)35-14-16-6-5-10-32(16)2/h4,7-8,12,15-16,28H,5-6,9-11,13-14H2,1-3H3/t15-,16+/m1/s1. The maximum absolute atomic E-state index is 15.4. The Morgan fingerprint density at radius 3 is 2.74 bits per heavy atom. The number of hydrogen-bond acceptors (Lipinski definition) is 8. The number of pyridine rings is 1. The van der Waals surface area contributed by atoms with Crippen LogP contribution >= 0.6 is 0 Å². The lowest BCUT2D eigenvalue weighted by Gasteiger charge is -2.35. The van der Waals surface area contributed by atoms with E-state index in [4.69, 9.17) is 14.5 Å². The molecule has 2 aromatic heterocycles. The van der Waals surface area contributed by atoms with E-state index in [1.807, 2.05) is 0 Å². The summed E-state index contributed by atoms with van der Waals surface area (Å²) in [5, 5.41) is 3.82. The topological polar surface area (TPSA) is 75.6 Å². The molecule has 5 rings (SSSR count). The first kappa shape index (κ1) is 23.6. The van der Waals surface area contributed by atoms with Gasteiger partial charge >= 0.3 is 6.01 Å². The SMILES string of the molecule is COc1cccc(F)c1-c1nc2nc(OC[C@@H]3CCCN3C)nc(N3CCNC[C@H]3C)c2cc1F. The zero-order chi connectivity index (χ0) is 24.5. The average molecular weight is 485 g/mol. The lowest BCUT2D eigenvalue weighted by molar-refractivity contribution is 0.188. The molecule has 2 fully saturated rings. The number of aromatic nitrogens is 3. The van der Waals surface area contributed by atoms with Crippen LogP contribution in [0.4, 0.5) is 14.6 Å². The molecule has 2 aliphatic rings. The van der Waals surface area contributed by atoms with E-state index in [2.05, 4.69) is 39.1 Å². The van der Waals surface area contributed by atoms with Gasteiger partial charge in [0.25, 0.3) is 0 Å². The molecule has 4 heterocycles. The Morgan fingerprint density at radius 2 is 2.00 bits per heavy atom. The molecule has 0 bridgehead atoms. The van der Waals surface area contributed by atoms with Gasteiger partial charge in [-0.25, -0.2) is 13.8 Å². The number of ether oxygens (including phenoxy) is 2. The number of nitrogens with zero attached hydrogens (tertiary/aromatic N) is 5. The van der Waals surface area contributed by atoms with E-state index in [1.54, 1.807) is 6.07 Å². The molecule has 0 amide bonds. The van der Waals surface area contributed by atoms with Gasteiger partial charge in [-0.05, 0) is 51.6 Å². The van der Waals surface area contributed by atoms with E-state index in [1.165, 1.54) is 25.3 Å². The van der Waals surface area contributed by atoms with Gasteiger partial charge in [0.2, 0.25) is 0 Å². The second kappa shape index (κ2) is 9.87. The number of fused-ring (bicyclic) bond motifs is 1. The van der Waals surface area contributed by atoms with Crippen molar-refractivity contribution in [1.29, 1.82) is 0 Å². The number of benzene rings is 1. The molecular weight excluding hydrogens is 454 g/mol. The Hall–Kier alpha value is -3.11. The number of rotatable bonds is 6. The Bertz CT molecular complexity index is 1230. The molecule has 2 saturated heterocycles. The van der Waals surface area contributed by atoms with Gasteiger partial charge in [-0.2, -0.15) is 9.97 Å². The van der Waals surface area contributed by atoms with E-state index in [0.29, 0.717) is 24.4 Å². The summed E-state index contributed by atoms with van der Waals surface area (Å²) < 4.78 is 41.5. The van der Waals surface area contributed by atoms with Gasteiger partial charge in [-0.3, -0.25) is 0 Å². The number of nitrogens with one attached hydrogen (secondary N) is 1. The fourth-order valence-corrected chi connectivity index (χ4v) is 4.87. The third kappa shape index (κ3) is 4.60. The monoisotopic (exact) mass is 484 g/mol. The summed E-state index contributed by atoms with van der Waals surface area (Å²) in [5.74, 6) is -0.533. The first-order valence-corrected chi connectivity index (χ1v) is 12.0. The van der Waals surface area contributed by atoms with Crippen molar-refractivity contribution in [2.45, 2.75) is 31.8 Å². The van der Waals surface area contributed by atoms with E-state index >= 15 is 4.39 Å². The van der Waals surface area contributed by atoms with Gasteiger partial charge in [-0.15, -0.1) is 0 Å². The predicted molar refractivity (Wildman–Crippen MR) is 130 cm³/mol. The smallest absolute Gasteiger partial charge is 0.320 e. The molecule has 1 N–H and O–H groups in total. The Balaban J connectivity index is 1.62. The first-order valence-electron chi connectivity index (χ1n) is 12.0. The quantitative estimate of drug-likeness (QED) is 0.572. The van der Waals surface area contributed by atoms with Crippen molar-refractivity contribution in [2.75, 3.05) is 51.8 Å². The molecule has 2 aliphatic heterocycles. The normalized spacial score (nSPS) is 21.0. The third-order valence-corrected chi connectivity index (χ3v) is 6.88. The summed E-state index contributed by atoms with van der Waals surface area (Å²) in [5.41, 5.74) is 0.0457. The summed E-state index contributed by atoms with van der Waals surface area (Å²) >= 11 is 0. The highest BCUT2D eigenvalue weighted by molar-refractivity contribution is 5.90. The van der Waals surface area contributed by atoms with Gasteiger partial charge in [0.15, 0.2) is 11.5 Å². The first-order chi connectivity index (χ1) is 17.0. The van der Waals surface area contributed by atoms with Crippen molar-refractivity contribution in [3.05, 3.63) is 35.9 Å². The summed E-state index contributed by atoms with van der Waals surface area (Å²) in [6, 6.07) is 6.27. The summed E-state index contributed by atoms with van der Waals surface area (Å²) in [7, 11) is 3.49. The highest BCUT2D eigenvalue weighted by atomic mass is 19.1. The summed E-state index contributed by atoms with van der Waals surface area (Å²) in [6.45, 7) is 5.81. The van der Waals surface area contributed by atoms with Crippen molar-refractivity contribution in [3.8, 4) is 23.0 Å². The van der Waals surface area contributed by atoms with Crippen LogP contribution in [0, 0.1) is 11.6 Å². The second-order valence-electron chi connectivity index (χ2n) is 9.17. The van der Waals surface area contributed by atoms with Crippen LogP contribution < -0.4 is 19.7 Å². The van der Waals surface area contributed by atoms with E-state index in [0.717, 1.165) is 32.5 Å². The van der Waals surface area contributed by atoms with Crippen molar-refractivity contribution < 1.29 is 18.3 Å². The van der Waals surface area contributed by atoms with Crippen molar-refractivity contribution >= 4 is 16.9 Å². The van der Waals surface area contributed by atoms with Crippen LogP contribution in [0.5, 0.6) is 11.8 Å². The zero-order valence-electron chi connectivity index (χ0n) is 20.2. The molecule has 2 atom stereocenters. The minimum Gasteiger partial charge on any atom is -0.496 e. The lowest BCUT2D eigenvalue weighted by Crippen LogP contribution is -2.50. The van der Waals surface area contributed by atoms with Crippen molar-refractivity contribution in [3.63, 3.8) is 0 Å². The molecule has 8 nitrogen and oxygen atoms in total. The molecule has 1 aromatic carbocycles. The van der Waals surface area contributed by atoms with Crippen molar-refractivity contribution in [2.24, 2.45) is 0 Å². The molecule has 0 aliphatic carbocycles. The molecule has 3 aromatic rings. The van der Waals surface area contributed by atoms with Crippen LogP contribution in [0.15, 0.2) is 24.3 Å². The highest BCUT2D eigenvalue weighted by Gasteiger charge is 2.27. The highest BCUT2D eigenvalue weighted by Crippen LogP contribution is 2.36. The number of piperazine rings is 1. The maximum Gasteiger partial charge on any atom is 0.320 e. The molecule has 35 heavy (non-hydrogen) atoms. The third-order valence-electron chi connectivity index (χ3n) is 6.88. The van der Waals surface area contributed by atoms with Crippen LogP contribution in [0.1, 0.15) is 19.8 Å². The fraction of sp³-hybridized carbons (Fsp3) is 0.480. The van der Waals surface area contributed by atoms with Gasteiger partial charge in [0.1, 0.15) is 29.7 Å². The van der Waals surface area contributed by atoms with Crippen LogP contribution in [0.3, 0.4) is 0 Å². The summed E-state index contributed by atoms with van der Waals surface area (Å²) in [4.78, 5) is 18.1. The van der Waals surface area contributed by atoms with Gasteiger partial charge < -0.3 is 24.6 Å². The largest absolute Gasteiger partial charge is 0.496 e. The molecule has 186 valence electrons. The average Bonchev–Trinajstić information content (AvgIpc) is 3.27. The molecule has 0 radical (unpaired) electrons. The Morgan fingerprint density at radius 1 is 1.14 bits per heavy atom. The maximum atomic E-state index is 15.4. The molecule has 0 unspecified atom stereocenters. The van der Waals surface area contributed by atoms with Gasteiger partial charge in [-0.1, -0.05) is 6.07 Å². The Labute approximate surface area is 203 Å². The van der Waals surface area contributed by atoms with Gasteiger partial charge in [0.05, 0.1) is 18.1 Å². The minimum atomic E-state index is -0.671. The van der Waals surface area contributed by atoms with E-state index < -0.39 is 11.6 Å². The molecule has 0 saturated carbocycles. The number of likely N-dealkylation sites (tertiary alicyclic amines) is 1. The molecule has 0 spiro atoms. The summed E-state index contributed by atoms with van der Waals surface area (Å²) in [6.07, 6.45) is 2.17. The predicted octanol–water partition coefficient (Wildman–Crippen LogP) is 3.25. The zero-order valence-corrected chi connectivity index (χ0v) is 20.2. The fourth-order valence-electron chi connectivity index (χ4n) is 4.87. The second-order valence-corrected chi connectivity index (χ2v) is 9.17. The Kier molecular flexibility index (Phi) is 6.66. The lowest BCUT2D eigenvalue weighted by atomic mass is 10.1. The minimum absolute atomic E-state index is 0.0415. The van der Waals surface area contributed by atoms with Crippen LogP contribution in [-0.4, -0.2) is 78.9 Å². The molecule has 10 heteroatoms. The number of halogens is 2. The van der Waals surface area contributed by atoms with Gasteiger partial charge in [0, 0.05) is 31.7 Å². The van der Waals surface area contributed by atoms with Crippen LogP contribution in [0.2, 0.25) is 0 Å². The number of likely N-dealkylation sites (N-methyl/N-ethyl adjacent to an activating group) is 1. The van der Waals surface area contributed by atoms with E-state index in [9.17, 15) is 4.39 Å². The number of anilines is 1. The van der Waals surface area contributed by atoms with E-state index in [-0.39, 0.29) is 40.7 Å². The number of hydrogen-bond donors (Lipinski definition) is 1. The number of methoxy groups -OCH3 is 1.